The highest BCUT2D eigenvalue weighted by Crippen LogP contribution is 2.47. The standard InChI is InChI=1S/C19H20ClNO3/c1-24-15-4-2-3-13(9-15)18(22)11-21-19(23)17-10-16(17)12-5-7-14(20)8-6-12/h2-9,16-18,22H,10-11H2,1H3,(H,21,23). The van der Waals surface area contributed by atoms with Crippen molar-refractivity contribution < 1.29 is 14.6 Å². The largest absolute Gasteiger partial charge is 0.497 e. The number of ether oxygens (including phenoxy) is 1. The first-order valence-corrected chi connectivity index (χ1v) is 8.31. The summed E-state index contributed by atoms with van der Waals surface area (Å²) in [5, 5.41) is 13.8. The van der Waals surface area contributed by atoms with E-state index in [2.05, 4.69) is 5.32 Å². The highest BCUT2D eigenvalue weighted by molar-refractivity contribution is 6.30. The quantitative estimate of drug-likeness (QED) is 0.844. The van der Waals surface area contributed by atoms with Crippen molar-refractivity contribution in [1.82, 2.24) is 5.32 Å². The van der Waals surface area contributed by atoms with Crippen molar-refractivity contribution in [3.8, 4) is 5.75 Å². The van der Waals surface area contributed by atoms with Crippen molar-refractivity contribution in [2.24, 2.45) is 5.92 Å². The van der Waals surface area contributed by atoms with Crippen LogP contribution >= 0.6 is 11.6 Å². The molecule has 2 aromatic rings. The zero-order valence-corrected chi connectivity index (χ0v) is 14.2. The average molecular weight is 346 g/mol. The van der Waals surface area contributed by atoms with Gasteiger partial charge in [0.2, 0.25) is 5.91 Å². The summed E-state index contributed by atoms with van der Waals surface area (Å²) in [6.07, 6.45) is 0.0831. The van der Waals surface area contributed by atoms with Crippen LogP contribution in [0.4, 0.5) is 0 Å². The predicted molar refractivity (Wildman–Crippen MR) is 93.3 cm³/mol. The summed E-state index contributed by atoms with van der Waals surface area (Å²) in [5.41, 5.74) is 1.85. The second-order valence-corrected chi connectivity index (χ2v) is 6.47. The van der Waals surface area contributed by atoms with Crippen molar-refractivity contribution >= 4 is 17.5 Å². The number of methoxy groups -OCH3 is 1. The van der Waals surface area contributed by atoms with Gasteiger partial charge in [0.05, 0.1) is 13.2 Å². The molecular weight excluding hydrogens is 326 g/mol. The molecule has 0 bridgehead atoms. The maximum absolute atomic E-state index is 12.2. The van der Waals surface area contributed by atoms with Crippen LogP contribution in [0, 0.1) is 5.92 Å². The third kappa shape index (κ3) is 3.89. The van der Waals surface area contributed by atoms with Crippen LogP contribution in [0.15, 0.2) is 48.5 Å². The van der Waals surface area contributed by atoms with E-state index in [0.717, 1.165) is 17.5 Å². The van der Waals surface area contributed by atoms with Gasteiger partial charge in [0.1, 0.15) is 5.75 Å². The Bertz CT molecular complexity index is 717. The summed E-state index contributed by atoms with van der Waals surface area (Å²) >= 11 is 5.88. The summed E-state index contributed by atoms with van der Waals surface area (Å²) in [4.78, 5) is 12.2. The van der Waals surface area contributed by atoms with E-state index in [0.29, 0.717) is 10.8 Å². The number of carbonyl (C=O) groups excluding carboxylic acids is 1. The van der Waals surface area contributed by atoms with E-state index < -0.39 is 6.10 Å². The summed E-state index contributed by atoms with van der Waals surface area (Å²) < 4.78 is 5.14. The fraction of sp³-hybridized carbons (Fsp3) is 0.316. The van der Waals surface area contributed by atoms with Crippen LogP contribution in [0.25, 0.3) is 0 Å². The minimum atomic E-state index is -0.753. The van der Waals surface area contributed by atoms with Gasteiger partial charge in [-0.1, -0.05) is 35.9 Å². The molecule has 1 saturated carbocycles. The van der Waals surface area contributed by atoms with Crippen LogP contribution in [0.3, 0.4) is 0 Å². The lowest BCUT2D eigenvalue weighted by Gasteiger charge is -2.13. The smallest absolute Gasteiger partial charge is 0.223 e. The van der Waals surface area contributed by atoms with Crippen molar-refractivity contribution in [2.75, 3.05) is 13.7 Å². The first-order valence-electron chi connectivity index (χ1n) is 7.93. The van der Waals surface area contributed by atoms with E-state index in [4.69, 9.17) is 16.3 Å². The molecule has 0 radical (unpaired) electrons. The molecule has 5 heteroatoms. The van der Waals surface area contributed by atoms with Crippen molar-refractivity contribution in [3.63, 3.8) is 0 Å². The second kappa shape index (κ2) is 7.24. The topological polar surface area (TPSA) is 58.6 Å². The zero-order chi connectivity index (χ0) is 17.1. The number of carbonyl (C=O) groups is 1. The fourth-order valence-corrected chi connectivity index (χ4v) is 2.98. The molecule has 0 spiro atoms. The third-order valence-electron chi connectivity index (χ3n) is 4.37. The highest BCUT2D eigenvalue weighted by Gasteiger charge is 2.43. The molecule has 0 heterocycles. The average Bonchev–Trinajstić information content (AvgIpc) is 3.41. The van der Waals surface area contributed by atoms with Gasteiger partial charge in [-0.15, -0.1) is 0 Å². The van der Waals surface area contributed by atoms with Gasteiger partial charge in [-0.05, 0) is 47.7 Å². The number of nitrogens with one attached hydrogen (secondary N) is 1. The molecule has 0 aliphatic heterocycles. The van der Waals surface area contributed by atoms with Gasteiger partial charge < -0.3 is 15.2 Å². The third-order valence-corrected chi connectivity index (χ3v) is 4.63. The van der Waals surface area contributed by atoms with Crippen LogP contribution in [-0.2, 0) is 4.79 Å². The van der Waals surface area contributed by atoms with Gasteiger partial charge >= 0.3 is 0 Å². The Labute approximate surface area is 146 Å². The molecule has 2 N–H and O–H groups in total. The van der Waals surface area contributed by atoms with E-state index in [-0.39, 0.29) is 24.3 Å². The molecule has 4 nitrogen and oxygen atoms in total. The number of aliphatic hydroxyl groups excluding tert-OH is 1. The molecule has 1 aliphatic carbocycles. The molecule has 3 atom stereocenters. The lowest BCUT2D eigenvalue weighted by atomic mass is 10.1. The molecule has 0 aromatic heterocycles. The number of halogens is 1. The van der Waals surface area contributed by atoms with Crippen LogP contribution in [0.2, 0.25) is 5.02 Å². The minimum absolute atomic E-state index is 0.0168. The SMILES string of the molecule is COc1cccc(C(O)CNC(=O)C2CC2c2ccc(Cl)cc2)c1. The number of rotatable bonds is 6. The Balaban J connectivity index is 1.52. The molecule has 3 unspecified atom stereocenters. The normalized spacial score (nSPS) is 20.3. The number of amides is 1. The van der Waals surface area contributed by atoms with E-state index in [1.807, 2.05) is 42.5 Å². The molecule has 3 rings (SSSR count). The number of hydrogen-bond acceptors (Lipinski definition) is 3. The van der Waals surface area contributed by atoms with E-state index >= 15 is 0 Å². The van der Waals surface area contributed by atoms with Gasteiger partial charge in [0.25, 0.3) is 0 Å². The monoisotopic (exact) mass is 345 g/mol. The second-order valence-electron chi connectivity index (χ2n) is 6.04. The first-order chi connectivity index (χ1) is 11.6. The van der Waals surface area contributed by atoms with Gasteiger partial charge in [-0.3, -0.25) is 4.79 Å². The van der Waals surface area contributed by atoms with Crippen LogP contribution < -0.4 is 10.1 Å². The van der Waals surface area contributed by atoms with E-state index in [9.17, 15) is 9.90 Å². The minimum Gasteiger partial charge on any atom is -0.497 e. The summed E-state index contributed by atoms with van der Waals surface area (Å²) in [6, 6.07) is 14.8. The molecule has 0 saturated heterocycles. The molecule has 126 valence electrons. The van der Waals surface area contributed by atoms with Gasteiger partial charge in [0, 0.05) is 17.5 Å². The molecular formula is C19H20ClNO3. The lowest BCUT2D eigenvalue weighted by Crippen LogP contribution is -2.30. The van der Waals surface area contributed by atoms with Crippen molar-refractivity contribution in [2.45, 2.75) is 18.4 Å². The van der Waals surface area contributed by atoms with Crippen molar-refractivity contribution in [1.29, 1.82) is 0 Å². The van der Waals surface area contributed by atoms with Gasteiger partial charge in [0.15, 0.2) is 0 Å². The van der Waals surface area contributed by atoms with Crippen molar-refractivity contribution in [3.05, 3.63) is 64.7 Å². The number of aliphatic hydroxyl groups is 1. The Morgan fingerprint density at radius 2 is 2.08 bits per heavy atom. The van der Waals surface area contributed by atoms with Crippen LogP contribution in [-0.4, -0.2) is 24.7 Å². The molecule has 2 aromatic carbocycles. The maximum atomic E-state index is 12.2. The van der Waals surface area contributed by atoms with Gasteiger partial charge in [-0.2, -0.15) is 0 Å². The highest BCUT2D eigenvalue weighted by atomic mass is 35.5. The summed E-state index contributed by atoms with van der Waals surface area (Å²) in [7, 11) is 1.58. The Morgan fingerprint density at radius 1 is 1.33 bits per heavy atom. The maximum Gasteiger partial charge on any atom is 0.223 e. The molecule has 24 heavy (non-hydrogen) atoms. The number of benzene rings is 2. The Morgan fingerprint density at radius 3 is 2.79 bits per heavy atom. The van der Waals surface area contributed by atoms with Crippen LogP contribution in [0.5, 0.6) is 5.75 Å². The first kappa shape index (κ1) is 16.8. The molecule has 1 amide bonds. The van der Waals surface area contributed by atoms with E-state index in [1.165, 1.54) is 0 Å². The predicted octanol–water partition coefficient (Wildman–Crippen LogP) is 3.30. The zero-order valence-electron chi connectivity index (χ0n) is 13.4. The van der Waals surface area contributed by atoms with Gasteiger partial charge in [-0.25, -0.2) is 0 Å². The van der Waals surface area contributed by atoms with E-state index in [1.54, 1.807) is 13.2 Å². The summed E-state index contributed by atoms with van der Waals surface area (Å²) in [5.74, 6) is 0.889. The van der Waals surface area contributed by atoms with Crippen LogP contribution in [0.1, 0.15) is 29.6 Å². The Kier molecular flexibility index (Phi) is 5.07. The fourth-order valence-electron chi connectivity index (χ4n) is 2.86. The molecule has 1 fully saturated rings. The lowest BCUT2D eigenvalue weighted by molar-refractivity contribution is -0.122. The molecule has 1 aliphatic rings. The number of hydrogen-bond donors (Lipinski definition) is 2. The summed E-state index contributed by atoms with van der Waals surface area (Å²) in [6.45, 7) is 0.190. The Hall–Kier alpha value is -2.04.